The second-order valence-corrected chi connectivity index (χ2v) is 6.83. The van der Waals surface area contributed by atoms with E-state index in [1.165, 1.54) is 11.3 Å². The Bertz CT molecular complexity index is 691. The van der Waals surface area contributed by atoms with Gasteiger partial charge >= 0.3 is 0 Å². The maximum Gasteiger partial charge on any atom is 0.270 e. The molecule has 1 saturated heterocycles. The number of ether oxygens (including phenoxy) is 1. The number of amides is 1. The molecule has 0 radical (unpaired) electrons. The van der Waals surface area contributed by atoms with Crippen LogP contribution in [0.4, 0.5) is 0 Å². The van der Waals surface area contributed by atoms with Crippen LogP contribution in [0.5, 0.6) is 5.75 Å². The number of halogens is 2. The van der Waals surface area contributed by atoms with Crippen molar-refractivity contribution in [2.75, 3.05) is 46.4 Å². The van der Waals surface area contributed by atoms with Crippen molar-refractivity contribution in [3.05, 3.63) is 35.3 Å². The summed E-state index contributed by atoms with van der Waals surface area (Å²) < 4.78 is 5.16. The molecule has 2 N–H and O–H groups in total. The van der Waals surface area contributed by atoms with Crippen molar-refractivity contribution in [2.24, 2.45) is 0 Å². The molecule has 0 unspecified atom stereocenters. The van der Waals surface area contributed by atoms with E-state index >= 15 is 0 Å². The van der Waals surface area contributed by atoms with Crippen LogP contribution in [0.1, 0.15) is 16.9 Å². The molecule has 6 nitrogen and oxygen atoms in total. The maximum absolute atomic E-state index is 12.2. The molecular weight excluding hydrogens is 407 g/mol. The Morgan fingerprint density at radius 3 is 2.63 bits per heavy atom. The van der Waals surface area contributed by atoms with Crippen molar-refractivity contribution in [1.29, 1.82) is 0 Å². The topological polar surface area (TPSA) is 66.5 Å². The molecule has 150 valence electrons. The Hall–Kier alpha value is -1.38. The van der Waals surface area contributed by atoms with Crippen LogP contribution < -0.4 is 15.4 Å². The normalized spacial score (nSPS) is 14.0. The van der Waals surface area contributed by atoms with Crippen LogP contribution in [0.2, 0.25) is 0 Å². The number of benzene rings is 1. The molecule has 0 atom stereocenters. The Kier molecular flexibility index (Phi) is 10.6. The number of carbonyl (C=O) groups excluding carboxylic acids is 1. The predicted molar refractivity (Wildman–Crippen MR) is 115 cm³/mol. The van der Waals surface area contributed by atoms with Gasteiger partial charge in [0.05, 0.1) is 7.11 Å². The summed E-state index contributed by atoms with van der Waals surface area (Å²) in [5.41, 5.74) is 1.47. The molecular formula is C18H26Cl2N4O2S. The number of rotatable bonds is 7. The van der Waals surface area contributed by atoms with E-state index in [1.54, 1.807) is 7.11 Å². The molecule has 1 fully saturated rings. The van der Waals surface area contributed by atoms with E-state index in [1.807, 2.05) is 29.6 Å². The third kappa shape index (κ3) is 6.93. The summed E-state index contributed by atoms with van der Waals surface area (Å²) in [6.45, 7) is 5.99. The van der Waals surface area contributed by atoms with Crippen LogP contribution in [0.3, 0.4) is 0 Å². The molecule has 0 aliphatic carbocycles. The first-order chi connectivity index (χ1) is 12.3. The van der Waals surface area contributed by atoms with Crippen molar-refractivity contribution in [3.63, 3.8) is 0 Å². The molecule has 1 aromatic carbocycles. The highest BCUT2D eigenvalue weighted by atomic mass is 35.5. The number of hydrogen-bond donors (Lipinski definition) is 2. The third-order valence-electron chi connectivity index (χ3n) is 4.22. The molecule has 0 spiro atoms. The van der Waals surface area contributed by atoms with Crippen LogP contribution in [-0.2, 0) is 0 Å². The number of nitrogens with one attached hydrogen (secondary N) is 2. The van der Waals surface area contributed by atoms with Gasteiger partial charge < -0.3 is 20.3 Å². The minimum Gasteiger partial charge on any atom is -0.497 e. The smallest absolute Gasteiger partial charge is 0.270 e. The number of hydrogen-bond acceptors (Lipinski definition) is 6. The summed E-state index contributed by atoms with van der Waals surface area (Å²) >= 11 is 1.48. The standard InChI is InChI=1S/C18H24N4O2S.2ClH/c1-24-15-5-3-14(4-6-15)18-21-16(13-25-18)17(23)20-7-2-10-22-11-8-19-9-12-22;;/h3-6,13,19H,2,7-12H2,1H3,(H,20,23);2*1H. The Morgan fingerprint density at radius 1 is 1.26 bits per heavy atom. The number of nitrogens with zero attached hydrogens (tertiary/aromatic N) is 2. The van der Waals surface area contributed by atoms with Gasteiger partial charge in [0.15, 0.2) is 0 Å². The quantitative estimate of drug-likeness (QED) is 0.658. The Labute approximate surface area is 176 Å². The van der Waals surface area contributed by atoms with E-state index in [2.05, 4.69) is 20.5 Å². The van der Waals surface area contributed by atoms with Gasteiger partial charge in [-0.05, 0) is 37.2 Å². The van der Waals surface area contributed by atoms with Gasteiger partial charge in [0.25, 0.3) is 5.91 Å². The van der Waals surface area contributed by atoms with E-state index < -0.39 is 0 Å². The highest BCUT2D eigenvalue weighted by Crippen LogP contribution is 2.25. The second-order valence-electron chi connectivity index (χ2n) is 5.97. The van der Waals surface area contributed by atoms with Crippen LogP contribution in [-0.4, -0.2) is 62.2 Å². The van der Waals surface area contributed by atoms with Gasteiger partial charge in [-0.15, -0.1) is 36.2 Å². The average Bonchev–Trinajstić information content (AvgIpc) is 3.16. The zero-order valence-corrected chi connectivity index (χ0v) is 17.7. The lowest BCUT2D eigenvalue weighted by molar-refractivity contribution is 0.0947. The number of carbonyl (C=O) groups is 1. The molecule has 0 bridgehead atoms. The van der Waals surface area contributed by atoms with Crippen LogP contribution >= 0.6 is 36.2 Å². The molecule has 9 heteroatoms. The molecule has 1 aliphatic heterocycles. The number of methoxy groups -OCH3 is 1. The van der Waals surface area contributed by atoms with E-state index in [0.717, 1.165) is 55.5 Å². The maximum atomic E-state index is 12.2. The predicted octanol–water partition coefficient (Wildman–Crippen LogP) is 2.69. The minimum atomic E-state index is -0.101. The zero-order chi connectivity index (χ0) is 17.5. The lowest BCUT2D eigenvalue weighted by Crippen LogP contribution is -2.44. The van der Waals surface area contributed by atoms with E-state index in [4.69, 9.17) is 4.74 Å². The summed E-state index contributed by atoms with van der Waals surface area (Å²) in [6.07, 6.45) is 0.960. The van der Waals surface area contributed by atoms with Gasteiger partial charge in [0.1, 0.15) is 16.5 Å². The molecule has 2 aromatic rings. The van der Waals surface area contributed by atoms with Gasteiger partial charge in [0.2, 0.25) is 0 Å². The van der Waals surface area contributed by atoms with Crippen LogP contribution in [0.15, 0.2) is 29.6 Å². The van der Waals surface area contributed by atoms with Crippen molar-refractivity contribution >= 4 is 42.1 Å². The summed E-state index contributed by atoms with van der Waals surface area (Å²) in [5.74, 6) is 0.707. The monoisotopic (exact) mass is 432 g/mol. The lowest BCUT2D eigenvalue weighted by atomic mass is 10.2. The Balaban J connectivity index is 0.00000182. The van der Waals surface area contributed by atoms with E-state index in [0.29, 0.717) is 12.2 Å². The molecule has 27 heavy (non-hydrogen) atoms. The van der Waals surface area contributed by atoms with Gasteiger partial charge in [0, 0.05) is 43.7 Å². The average molecular weight is 433 g/mol. The van der Waals surface area contributed by atoms with Crippen LogP contribution in [0.25, 0.3) is 10.6 Å². The molecule has 1 aliphatic rings. The summed E-state index contributed by atoms with van der Waals surface area (Å²) in [6, 6.07) is 7.69. The minimum absolute atomic E-state index is 0. The SMILES string of the molecule is COc1ccc(-c2nc(C(=O)NCCCN3CCNCC3)cs2)cc1.Cl.Cl. The van der Waals surface area contributed by atoms with Crippen molar-refractivity contribution in [1.82, 2.24) is 20.5 Å². The lowest BCUT2D eigenvalue weighted by Gasteiger charge is -2.26. The van der Waals surface area contributed by atoms with Crippen LogP contribution in [0, 0.1) is 0 Å². The molecule has 3 rings (SSSR count). The zero-order valence-electron chi connectivity index (χ0n) is 15.3. The number of thiazole rings is 1. The van der Waals surface area contributed by atoms with E-state index in [-0.39, 0.29) is 30.7 Å². The highest BCUT2D eigenvalue weighted by molar-refractivity contribution is 7.13. The van der Waals surface area contributed by atoms with Gasteiger partial charge in [-0.1, -0.05) is 0 Å². The number of piperazine rings is 1. The Morgan fingerprint density at radius 2 is 1.96 bits per heavy atom. The largest absolute Gasteiger partial charge is 0.497 e. The summed E-state index contributed by atoms with van der Waals surface area (Å²) in [5, 5.41) is 8.96. The molecule has 0 saturated carbocycles. The fraction of sp³-hybridized carbons (Fsp3) is 0.444. The first-order valence-corrected chi connectivity index (χ1v) is 9.45. The number of aromatic nitrogens is 1. The van der Waals surface area contributed by atoms with Crippen molar-refractivity contribution < 1.29 is 9.53 Å². The second kappa shape index (κ2) is 12.2. The molecule has 1 aromatic heterocycles. The van der Waals surface area contributed by atoms with Crippen molar-refractivity contribution in [3.8, 4) is 16.3 Å². The fourth-order valence-corrected chi connectivity index (χ4v) is 3.58. The highest BCUT2D eigenvalue weighted by Gasteiger charge is 2.12. The molecule has 2 heterocycles. The van der Waals surface area contributed by atoms with E-state index in [9.17, 15) is 4.79 Å². The first-order valence-electron chi connectivity index (χ1n) is 8.57. The first kappa shape index (κ1) is 23.7. The van der Waals surface area contributed by atoms with Gasteiger partial charge in [-0.25, -0.2) is 4.98 Å². The van der Waals surface area contributed by atoms with Crippen molar-refractivity contribution in [2.45, 2.75) is 6.42 Å². The third-order valence-corrected chi connectivity index (χ3v) is 5.11. The van der Waals surface area contributed by atoms with Gasteiger partial charge in [-0.2, -0.15) is 0 Å². The van der Waals surface area contributed by atoms with Gasteiger partial charge in [-0.3, -0.25) is 4.79 Å². The fourth-order valence-electron chi connectivity index (χ4n) is 2.77. The molecule has 1 amide bonds. The summed E-state index contributed by atoms with van der Waals surface area (Å²) in [4.78, 5) is 19.1. The summed E-state index contributed by atoms with van der Waals surface area (Å²) in [7, 11) is 1.64.